The predicted octanol–water partition coefficient (Wildman–Crippen LogP) is 2.48. The van der Waals surface area contributed by atoms with Crippen LogP contribution in [0.25, 0.3) is 0 Å². The molecule has 0 aliphatic carbocycles. The number of ether oxygens (including phenoxy) is 1. The molecule has 0 bridgehead atoms. The third kappa shape index (κ3) is 4.33. The Balaban J connectivity index is 2.38. The Morgan fingerprint density at radius 2 is 2.12 bits per heavy atom. The van der Waals surface area contributed by atoms with E-state index < -0.39 is 0 Å². The lowest BCUT2D eigenvalue weighted by atomic mass is 10.2. The van der Waals surface area contributed by atoms with Crippen LogP contribution in [0.2, 0.25) is 0 Å². The number of benzene rings is 1. The third-order valence-corrected chi connectivity index (χ3v) is 2.28. The molecule has 0 fully saturated rings. The highest BCUT2D eigenvalue weighted by Crippen LogP contribution is 2.17. The molecule has 0 heterocycles. The molecule has 3 heteroatoms. The summed E-state index contributed by atoms with van der Waals surface area (Å²) in [5.41, 5.74) is 1.17. The van der Waals surface area contributed by atoms with Crippen molar-refractivity contribution in [3.63, 3.8) is 0 Å². The smallest absolute Gasteiger partial charge is 0.123 e. The first-order valence-corrected chi connectivity index (χ1v) is 5.60. The van der Waals surface area contributed by atoms with Gasteiger partial charge in [0.25, 0.3) is 0 Å². The van der Waals surface area contributed by atoms with Gasteiger partial charge in [0, 0.05) is 18.5 Å². The van der Waals surface area contributed by atoms with Gasteiger partial charge in [-0.1, -0.05) is 18.2 Å². The van der Waals surface area contributed by atoms with Crippen LogP contribution >= 0.6 is 0 Å². The minimum Gasteiger partial charge on any atom is -0.493 e. The standard InChI is InChI=1S/C13H18N2O/c1-15-11-12-7-3-4-8-13(12)16-10-6-2-5-9-14/h3-4,7-8,15H,2,5-6,10-11H2,1H3. The lowest BCUT2D eigenvalue weighted by Gasteiger charge is -2.10. The van der Waals surface area contributed by atoms with Crippen molar-refractivity contribution >= 4 is 0 Å². The maximum Gasteiger partial charge on any atom is 0.123 e. The van der Waals surface area contributed by atoms with Crippen LogP contribution in [-0.2, 0) is 6.54 Å². The summed E-state index contributed by atoms with van der Waals surface area (Å²) < 4.78 is 5.69. The topological polar surface area (TPSA) is 45.0 Å². The Labute approximate surface area is 97.0 Å². The van der Waals surface area contributed by atoms with Crippen molar-refractivity contribution in [2.45, 2.75) is 25.8 Å². The quantitative estimate of drug-likeness (QED) is 0.715. The molecule has 1 N–H and O–H groups in total. The summed E-state index contributed by atoms with van der Waals surface area (Å²) in [4.78, 5) is 0. The first kappa shape index (κ1) is 12.5. The summed E-state index contributed by atoms with van der Waals surface area (Å²) in [6.07, 6.45) is 2.45. The van der Waals surface area contributed by atoms with Gasteiger partial charge >= 0.3 is 0 Å². The molecule has 0 atom stereocenters. The van der Waals surface area contributed by atoms with E-state index in [4.69, 9.17) is 10.00 Å². The van der Waals surface area contributed by atoms with Gasteiger partial charge in [0.05, 0.1) is 12.7 Å². The second-order valence-corrected chi connectivity index (χ2v) is 3.60. The number of rotatable bonds is 7. The number of nitriles is 1. The molecular weight excluding hydrogens is 200 g/mol. The van der Waals surface area contributed by atoms with E-state index in [0.717, 1.165) is 25.1 Å². The molecular formula is C13H18N2O. The molecule has 0 unspecified atom stereocenters. The predicted molar refractivity (Wildman–Crippen MR) is 64.2 cm³/mol. The van der Waals surface area contributed by atoms with E-state index in [-0.39, 0.29) is 0 Å². The minimum atomic E-state index is 0.613. The fourth-order valence-electron chi connectivity index (χ4n) is 1.47. The van der Waals surface area contributed by atoms with E-state index >= 15 is 0 Å². The summed E-state index contributed by atoms with van der Waals surface area (Å²) >= 11 is 0. The molecule has 0 aliphatic rings. The molecule has 0 amide bonds. The monoisotopic (exact) mass is 218 g/mol. The Hall–Kier alpha value is -1.53. The summed E-state index contributed by atoms with van der Waals surface area (Å²) in [7, 11) is 1.92. The summed E-state index contributed by atoms with van der Waals surface area (Å²) in [5, 5.41) is 11.5. The Bertz CT molecular complexity index is 344. The molecule has 0 radical (unpaired) electrons. The number of nitrogens with one attached hydrogen (secondary N) is 1. The van der Waals surface area contributed by atoms with Crippen LogP contribution in [0.1, 0.15) is 24.8 Å². The molecule has 1 rings (SSSR count). The Kier molecular flexibility index (Phi) is 6.05. The van der Waals surface area contributed by atoms with Crippen molar-refractivity contribution in [1.29, 1.82) is 5.26 Å². The first-order valence-electron chi connectivity index (χ1n) is 5.60. The van der Waals surface area contributed by atoms with Crippen LogP contribution in [-0.4, -0.2) is 13.7 Å². The highest BCUT2D eigenvalue weighted by Gasteiger charge is 2.00. The van der Waals surface area contributed by atoms with E-state index in [1.54, 1.807) is 0 Å². The normalized spacial score (nSPS) is 9.75. The van der Waals surface area contributed by atoms with Crippen LogP contribution in [0.3, 0.4) is 0 Å². The second kappa shape index (κ2) is 7.72. The van der Waals surface area contributed by atoms with Crippen LogP contribution in [0.5, 0.6) is 5.75 Å². The molecule has 16 heavy (non-hydrogen) atoms. The fourth-order valence-corrected chi connectivity index (χ4v) is 1.47. The molecule has 1 aromatic rings. The lowest BCUT2D eigenvalue weighted by Crippen LogP contribution is -2.08. The molecule has 1 aromatic carbocycles. The minimum absolute atomic E-state index is 0.613. The zero-order valence-electron chi connectivity index (χ0n) is 9.70. The van der Waals surface area contributed by atoms with Gasteiger partial charge in [0.2, 0.25) is 0 Å². The molecule has 0 saturated heterocycles. The maximum atomic E-state index is 8.40. The Morgan fingerprint density at radius 1 is 1.31 bits per heavy atom. The highest BCUT2D eigenvalue weighted by atomic mass is 16.5. The molecule has 0 saturated carbocycles. The zero-order valence-corrected chi connectivity index (χ0v) is 9.70. The van der Waals surface area contributed by atoms with Crippen molar-refractivity contribution in [2.24, 2.45) is 0 Å². The van der Waals surface area contributed by atoms with Crippen LogP contribution in [0.4, 0.5) is 0 Å². The number of nitrogens with zero attached hydrogens (tertiary/aromatic N) is 1. The first-order chi connectivity index (χ1) is 7.88. The maximum absolute atomic E-state index is 8.40. The van der Waals surface area contributed by atoms with Crippen LogP contribution in [0.15, 0.2) is 24.3 Å². The van der Waals surface area contributed by atoms with Gasteiger partial charge in [-0.25, -0.2) is 0 Å². The molecule has 86 valence electrons. The van der Waals surface area contributed by atoms with Crippen molar-refractivity contribution in [1.82, 2.24) is 5.32 Å². The number of unbranched alkanes of at least 4 members (excludes halogenated alkanes) is 2. The molecule has 0 aliphatic heterocycles. The van der Waals surface area contributed by atoms with E-state index in [1.807, 2.05) is 25.2 Å². The van der Waals surface area contributed by atoms with Crippen molar-refractivity contribution in [2.75, 3.05) is 13.7 Å². The SMILES string of the molecule is CNCc1ccccc1OCCCCC#N. The Morgan fingerprint density at radius 3 is 2.88 bits per heavy atom. The van der Waals surface area contributed by atoms with Gasteiger partial charge in [0.15, 0.2) is 0 Å². The summed E-state index contributed by atoms with van der Waals surface area (Å²) in [5.74, 6) is 0.939. The van der Waals surface area contributed by atoms with E-state index in [0.29, 0.717) is 13.0 Å². The summed E-state index contributed by atoms with van der Waals surface area (Å²) in [6, 6.07) is 10.2. The molecule has 0 spiro atoms. The van der Waals surface area contributed by atoms with Crippen LogP contribution < -0.4 is 10.1 Å². The lowest BCUT2D eigenvalue weighted by molar-refractivity contribution is 0.304. The van der Waals surface area contributed by atoms with Crippen molar-refractivity contribution in [3.8, 4) is 11.8 Å². The number of hydrogen-bond donors (Lipinski definition) is 1. The van der Waals surface area contributed by atoms with Crippen molar-refractivity contribution < 1.29 is 4.74 Å². The van der Waals surface area contributed by atoms with Gasteiger partial charge in [-0.15, -0.1) is 0 Å². The van der Waals surface area contributed by atoms with Crippen LogP contribution in [0, 0.1) is 11.3 Å². The molecule has 3 nitrogen and oxygen atoms in total. The fraction of sp³-hybridized carbons (Fsp3) is 0.462. The van der Waals surface area contributed by atoms with Gasteiger partial charge < -0.3 is 10.1 Å². The second-order valence-electron chi connectivity index (χ2n) is 3.60. The average molecular weight is 218 g/mol. The highest BCUT2D eigenvalue weighted by molar-refractivity contribution is 5.33. The zero-order chi connectivity index (χ0) is 11.6. The largest absolute Gasteiger partial charge is 0.493 e. The van der Waals surface area contributed by atoms with Gasteiger partial charge in [0.1, 0.15) is 5.75 Å². The van der Waals surface area contributed by atoms with E-state index in [2.05, 4.69) is 17.5 Å². The van der Waals surface area contributed by atoms with Gasteiger partial charge in [-0.3, -0.25) is 0 Å². The number of hydrogen-bond acceptors (Lipinski definition) is 3. The number of para-hydroxylation sites is 1. The summed E-state index contributed by atoms with van der Waals surface area (Å²) in [6.45, 7) is 1.50. The van der Waals surface area contributed by atoms with Gasteiger partial charge in [-0.2, -0.15) is 5.26 Å². The van der Waals surface area contributed by atoms with E-state index in [9.17, 15) is 0 Å². The van der Waals surface area contributed by atoms with E-state index in [1.165, 1.54) is 5.56 Å². The van der Waals surface area contributed by atoms with Crippen molar-refractivity contribution in [3.05, 3.63) is 29.8 Å². The average Bonchev–Trinajstić information content (AvgIpc) is 2.31. The van der Waals surface area contributed by atoms with Gasteiger partial charge in [-0.05, 0) is 26.0 Å². The third-order valence-electron chi connectivity index (χ3n) is 2.28. The molecule has 0 aromatic heterocycles.